The van der Waals surface area contributed by atoms with Gasteiger partial charge in [0.1, 0.15) is 0 Å². The number of aliphatic imine (C=N–C) groups is 1. The van der Waals surface area contributed by atoms with Gasteiger partial charge in [-0.1, -0.05) is 36.7 Å². The number of carbonyl (C=O) groups excluding carboxylic acids is 1. The van der Waals surface area contributed by atoms with Gasteiger partial charge in [0.05, 0.1) is 24.0 Å². The van der Waals surface area contributed by atoms with Crippen molar-refractivity contribution in [3.63, 3.8) is 0 Å². The zero-order valence-corrected chi connectivity index (χ0v) is 16.1. The first-order chi connectivity index (χ1) is 12.5. The van der Waals surface area contributed by atoms with Crippen LogP contribution >= 0.6 is 11.8 Å². The summed E-state index contributed by atoms with van der Waals surface area (Å²) < 4.78 is 23.2. The fraction of sp³-hybridized carbons (Fsp3) is 0.556. The first-order valence-corrected chi connectivity index (χ1v) is 11.8. The topological polar surface area (TPSA) is 87.6 Å². The van der Waals surface area contributed by atoms with Gasteiger partial charge in [0.25, 0.3) is 0 Å². The number of anilines is 1. The number of amides is 1. The quantitative estimate of drug-likeness (QED) is 0.817. The Balaban J connectivity index is 1.30. The first kappa shape index (κ1) is 17.9. The van der Waals surface area contributed by atoms with E-state index in [1.807, 2.05) is 24.3 Å². The minimum absolute atomic E-state index is 0.0426. The van der Waals surface area contributed by atoms with Crippen molar-refractivity contribution in [2.75, 3.05) is 16.8 Å². The predicted molar refractivity (Wildman–Crippen MR) is 105 cm³/mol. The van der Waals surface area contributed by atoms with Gasteiger partial charge in [-0.05, 0) is 30.5 Å². The average Bonchev–Trinajstić information content (AvgIpc) is 3.24. The summed E-state index contributed by atoms with van der Waals surface area (Å²) in [6.45, 7) is 0. The van der Waals surface area contributed by atoms with E-state index in [2.05, 4.69) is 15.6 Å². The van der Waals surface area contributed by atoms with Crippen molar-refractivity contribution in [1.82, 2.24) is 5.32 Å². The number of hydrogen-bond donors (Lipinski definition) is 2. The number of carbonyl (C=O) groups is 1. The number of benzene rings is 1. The molecule has 2 fully saturated rings. The molecule has 0 spiro atoms. The number of nitrogens with zero attached hydrogens (tertiary/aromatic N) is 1. The largest absolute Gasteiger partial charge is 0.353 e. The highest BCUT2D eigenvalue weighted by Gasteiger charge is 2.42. The Morgan fingerprint density at radius 2 is 1.88 bits per heavy atom. The van der Waals surface area contributed by atoms with Gasteiger partial charge in [-0.2, -0.15) is 0 Å². The standard InChI is InChI=1S/C18H23N3O3S2/c22-17(19-13-3-1-2-4-13)9-12-5-7-14(8-6-12)20-18-21-15-10-26(23,24)11-16(15)25-18/h5-8,13,15-16H,1-4,9-11H2,(H,19,22)(H,20,21). The molecule has 2 atom stereocenters. The van der Waals surface area contributed by atoms with E-state index < -0.39 is 9.84 Å². The summed E-state index contributed by atoms with van der Waals surface area (Å²) in [5, 5.41) is 7.18. The maximum atomic E-state index is 12.1. The van der Waals surface area contributed by atoms with Crippen LogP contribution in [0.3, 0.4) is 0 Å². The minimum Gasteiger partial charge on any atom is -0.353 e. The molecule has 2 unspecified atom stereocenters. The van der Waals surface area contributed by atoms with Crippen LogP contribution in [0.15, 0.2) is 29.3 Å². The number of hydrogen-bond acceptors (Lipinski definition) is 6. The van der Waals surface area contributed by atoms with Gasteiger partial charge >= 0.3 is 0 Å². The van der Waals surface area contributed by atoms with E-state index in [1.165, 1.54) is 24.6 Å². The summed E-state index contributed by atoms with van der Waals surface area (Å²) in [4.78, 5) is 16.6. The number of amidine groups is 1. The molecule has 1 saturated carbocycles. The van der Waals surface area contributed by atoms with Crippen molar-refractivity contribution >= 4 is 38.4 Å². The fourth-order valence-electron chi connectivity index (χ4n) is 3.78. The lowest BCUT2D eigenvalue weighted by Crippen LogP contribution is -2.33. The van der Waals surface area contributed by atoms with E-state index in [0.717, 1.165) is 29.3 Å². The van der Waals surface area contributed by atoms with Crippen LogP contribution in [-0.2, 0) is 21.1 Å². The van der Waals surface area contributed by atoms with Crippen LogP contribution in [0.25, 0.3) is 0 Å². The third-order valence-corrected chi connectivity index (χ3v) is 8.25. The molecule has 1 aromatic carbocycles. The van der Waals surface area contributed by atoms with Gasteiger partial charge in [-0.15, -0.1) is 0 Å². The lowest BCUT2D eigenvalue weighted by Gasteiger charge is -2.12. The van der Waals surface area contributed by atoms with E-state index in [0.29, 0.717) is 12.5 Å². The molecule has 140 valence electrons. The van der Waals surface area contributed by atoms with Gasteiger partial charge < -0.3 is 10.6 Å². The first-order valence-electron chi connectivity index (χ1n) is 9.07. The molecular formula is C18H23N3O3S2. The highest BCUT2D eigenvalue weighted by Crippen LogP contribution is 2.34. The lowest BCUT2D eigenvalue weighted by molar-refractivity contribution is -0.121. The monoisotopic (exact) mass is 393 g/mol. The van der Waals surface area contributed by atoms with Crippen molar-refractivity contribution < 1.29 is 13.2 Å². The molecule has 8 heteroatoms. The fourth-order valence-corrected chi connectivity index (χ4v) is 7.46. The maximum absolute atomic E-state index is 12.1. The van der Waals surface area contributed by atoms with Crippen molar-refractivity contribution in [1.29, 1.82) is 0 Å². The number of sulfone groups is 1. The van der Waals surface area contributed by atoms with Crippen molar-refractivity contribution in [3.8, 4) is 0 Å². The smallest absolute Gasteiger partial charge is 0.224 e. The zero-order chi connectivity index (χ0) is 18.1. The van der Waals surface area contributed by atoms with Gasteiger partial charge in [-0.3, -0.25) is 9.79 Å². The van der Waals surface area contributed by atoms with Crippen LogP contribution in [-0.4, -0.2) is 48.3 Å². The molecule has 1 aromatic rings. The van der Waals surface area contributed by atoms with E-state index in [-0.39, 0.29) is 28.7 Å². The Labute approximate surface area is 158 Å². The molecule has 4 rings (SSSR count). The SMILES string of the molecule is O=C(Cc1ccc(NC2=NC3CS(=O)(=O)CC3S2)cc1)NC1CCCC1. The van der Waals surface area contributed by atoms with E-state index in [1.54, 1.807) is 0 Å². The molecular weight excluding hydrogens is 370 g/mol. The Hall–Kier alpha value is -1.54. The Morgan fingerprint density at radius 3 is 2.58 bits per heavy atom. The molecule has 2 aliphatic heterocycles. The van der Waals surface area contributed by atoms with Crippen LogP contribution in [0.2, 0.25) is 0 Å². The molecule has 1 saturated heterocycles. The third-order valence-electron chi connectivity index (χ3n) is 5.11. The summed E-state index contributed by atoms with van der Waals surface area (Å²) in [6.07, 6.45) is 5.01. The van der Waals surface area contributed by atoms with Crippen LogP contribution in [0.4, 0.5) is 5.69 Å². The van der Waals surface area contributed by atoms with E-state index in [9.17, 15) is 13.2 Å². The van der Waals surface area contributed by atoms with Crippen LogP contribution in [0.1, 0.15) is 31.2 Å². The average molecular weight is 394 g/mol. The van der Waals surface area contributed by atoms with Crippen LogP contribution in [0.5, 0.6) is 0 Å². The molecule has 1 amide bonds. The second kappa shape index (κ2) is 7.23. The molecule has 0 bridgehead atoms. The highest BCUT2D eigenvalue weighted by atomic mass is 32.2. The molecule has 26 heavy (non-hydrogen) atoms. The Bertz CT molecular complexity index is 815. The molecule has 3 aliphatic rings. The predicted octanol–water partition coefficient (Wildman–Crippen LogP) is 1.97. The second-order valence-corrected chi connectivity index (χ2v) is 10.7. The summed E-state index contributed by atoms with van der Waals surface area (Å²) in [7, 11) is -2.92. The highest BCUT2D eigenvalue weighted by molar-refractivity contribution is 8.15. The van der Waals surface area contributed by atoms with E-state index in [4.69, 9.17) is 0 Å². The maximum Gasteiger partial charge on any atom is 0.224 e. The summed E-state index contributed by atoms with van der Waals surface area (Å²) >= 11 is 1.51. The zero-order valence-electron chi connectivity index (χ0n) is 14.5. The molecule has 0 radical (unpaired) electrons. The molecule has 1 aliphatic carbocycles. The van der Waals surface area contributed by atoms with Gasteiger partial charge in [0, 0.05) is 17.0 Å². The van der Waals surface area contributed by atoms with Gasteiger partial charge in [0.2, 0.25) is 5.91 Å². The summed E-state index contributed by atoms with van der Waals surface area (Å²) in [5.41, 5.74) is 1.88. The van der Waals surface area contributed by atoms with Crippen LogP contribution in [0, 0.1) is 0 Å². The number of rotatable bonds is 4. The van der Waals surface area contributed by atoms with Crippen molar-refractivity contribution in [2.24, 2.45) is 4.99 Å². The lowest BCUT2D eigenvalue weighted by atomic mass is 10.1. The van der Waals surface area contributed by atoms with Crippen LogP contribution < -0.4 is 10.6 Å². The van der Waals surface area contributed by atoms with Gasteiger partial charge in [0.15, 0.2) is 15.0 Å². The second-order valence-electron chi connectivity index (χ2n) is 7.28. The van der Waals surface area contributed by atoms with Crippen molar-refractivity contribution in [3.05, 3.63) is 29.8 Å². The number of nitrogens with one attached hydrogen (secondary N) is 2. The summed E-state index contributed by atoms with van der Waals surface area (Å²) in [5.74, 6) is 0.457. The number of thioether (sulfide) groups is 1. The minimum atomic E-state index is -2.92. The Kier molecular flexibility index (Phi) is 4.96. The third kappa shape index (κ3) is 4.23. The normalized spacial score (nSPS) is 27.2. The van der Waals surface area contributed by atoms with E-state index >= 15 is 0 Å². The molecule has 2 N–H and O–H groups in total. The Morgan fingerprint density at radius 1 is 1.15 bits per heavy atom. The van der Waals surface area contributed by atoms with Gasteiger partial charge in [-0.25, -0.2) is 8.42 Å². The van der Waals surface area contributed by atoms with Crippen molar-refractivity contribution in [2.45, 2.75) is 49.4 Å². The number of fused-ring (bicyclic) bond motifs is 1. The summed E-state index contributed by atoms with van der Waals surface area (Å²) in [6, 6.07) is 8.00. The molecule has 2 heterocycles. The molecule has 0 aromatic heterocycles. The molecule has 6 nitrogen and oxygen atoms in total.